The molecule has 0 amide bonds. The van der Waals surface area contributed by atoms with Crippen molar-refractivity contribution in [3.8, 4) is 0 Å². The number of ether oxygens (including phenoxy) is 6. The van der Waals surface area contributed by atoms with Crippen LogP contribution in [-0.4, -0.2) is 189 Å². The lowest BCUT2D eigenvalue weighted by Gasteiger charge is -2.66. The average Bonchev–Trinajstić information content (AvgIpc) is 3.79. The Bertz CT molecular complexity index is 2440. The Balaban J connectivity index is 1.18. The molecular weight excluding hydrogens is 989 g/mol. The highest BCUT2D eigenvalue weighted by Gasteiger charge is 2.89. The second-order valence-electron chi connectivity index (χ2n) is 24.1. The third-order valence-corrected chi connectivity index (χ3v) is 20.7. The van der Waals surface area contributed by atoms with Gasteiger partial charge in [0.1, 0.15) is 24.4 Å². The van der Waals surface area contributed by atoms with Crippen LogP contribution in [0.5, 0.6) is 0 Å². The summed E-state index contributed by atoms with van der Waals surface area (Å²) in [6, 6.07) is 0. The van der Waals surface area contributed by atoms with Crippen molar-refractivity contribution in [3.05, 3.63) is 0 Å². The lowest BCUT2D eigenvalue weighted by molar-refractivity contribution is -0.456. The van der Waals surface area contributed by atoms with Crippen molar-refractivity contribution in [1.82, 2.24) is 0 Å². The monoisotopic (exact) mass is 1060 g/mol. The topological polar surface area (TPSA) is 354 Å². The normalized spacial score (nSPS) is 52.3. The minimum Gasteiger partial charge on any atom is -0.394 e. The summed E-state index contributed by atoms with van der Waals surface area (Å²) in [4.78, 5) is 114. The summed E-state index contributed by atoms with van der Waals surface area (Å²) in [5, 5.41) is 96.2. The number of Topliss-reactive ketones (excluding diaryl/α,β-unsaturated/α-hetero) is 8. The maximum Gasteiger partial charge on any atom is 0.271 e. The Morgan fingerprint density at radius 3 is 1.76 bits per heavy atom. The first-order valence-electron chi connectivity index (χ1n) is 26.2. The zero-order chi connectivity index (χ0) is 56.1. The Hall–Kier alpha value is -3.20. The van der Waals surface area contributed by atoms with E-state index in [1.54, 1.807) is 0 Å². The van der Waals surface area contributed by atoms with Gasteiger partial charge < -0.3 is 69.3 Å². The quantitative estimate of drug-likeness (QED) is 0.106. The van der Waals surface area contributed by atoms with E-state index in [1.165, 1.54) is 0 Å². The van der Waals surface area contributed by atoms with E-state index in [4.69, 9.17) is 28.4 Å². The van der Waals surface area contributed by atoms with Gasteiger partial charge in [-0.05, 0) is 109 Å². The first-order valence-corrected chi connectivity index (χ1v) is 26.2. The van der Waals surface area contributed by atoms with Crippen LogP contribution in [0, 0.1) is 52.3 Å². The van der Waals surface area contributed by atoms with Gasteiger partial charge in [-0.1, -0.05) is 27.7 Å². The van der Waals surface area contributed by atoms with Crippen LogP contribution in [0.15, 0.2) is 0 Å². The number of hydrogen-bond donors (Lipinski definition) is 8. The Kier molecular flexibility index (Phi) is 14.2. The highest BCUT2D eigenvalue weighted by atomic mass is 16.8. The molecule has 4 saturated carbocycles. The average molecular weight is 1070 g/mol. The number of ketones is 8. The maximum atomic E-state index is 15.0. The summed E-state index contributed by atoms with van der Waals surface area (Å²) in [6.45, 7) is 9.64. The minimum absolute atomic E-state index is 0.000834. The Labute approximate surface area is 434 Å². The van der Waals surface area contributed by atoms with Gasteiger partial charge in [0, 0.05) is 43.4 Å². The number of carbonyl (C=O) groups is 8. The van der Waals surface area contributed by atoms with Crippen LogP contribution in [0.25, 0.3) is 0 Å². The van der Waals surface area contributed by atoms with E-state index in [0.717, 1.165) is 13.3 Å². The van der Waals surface area contributed by atoms with E-state index in [1.807, 2.05) is 13.8 Å². The molecule has 0 aromatic heterocycles. The molecule has 4 aliphatic carbocycles. The molecule has 1 spiro atoms. The Morgan fingerprint density at radius 2 is 1.27 bits per heavy atom. The SMILES string of the molecule is CC(=O)[C@@]1(O[C@H]2CC[C@@]3(C)[C@@H](CC[C@@H]4[C@@H]3C(=O)[C@@H](O)[C@]3(C)[C@@H]5[C@H](C[C@@H]43)O[C@]3(CC[C@@H](C)CO3)[C@H]5C)C2)O[C@H](CO)[C@](O[C@]2(C(C)=O)O[C@H](CO)[C@H](O)[C@@](O)(C(C)=O)[C@]2(O)C(C)=O)(C(C)=O)[C@@](O)(C(C)=O)[C@]1(O)C(C)=O. The molecule has 0 radical (unpaired) electrons. The van der Waals surface area contributed by atoms with Crippen LogP contribution in [0.3, 0.4) is 0 Å². The number of fused-ring (bicyclic) bond motifs is 7. The van der Waals surface area contributed by atoms with E-state index in [0.29, 0.717) is 79.8 Å². The van der Waals surface area contributed by atoms with Crippen molar-refractivity contribution in [2.75, 3.05) is 19.8 Å². The van der Waals surface area contributed by atoms with Gasteiger partial charge in [-0.3, -0.25) is 38.4 Å². The maximum absolute atomic E-state index is 15.0. The predicted molar refractivity (Wildman–Crippen MR) is 252 cm³/mol. The molecule has 4 saturated heterocycles. The first-order chi connectivity index (χ1) is 34.6. The molecule has 0 aromatic rings. The van der Waals surface area contributed by atoms with E-state index in [2.05, 4.69) is 13.8 Å². The zero-order valence-corrected chi connectivity index (χ0v) is 44.6. The number of hydrogen-bond acceptors (Lipinski definition) is 22. The molecule has 0 unspecified atom stereocenters. The van der Waals surface area contributed by atoms with Crippen molar-refractivity contribution in [1.29, 1.82) is 0 Å². The molecule has 4 heterocycles. The lowest BCUT2D eigenvalue weighted by Crippen LogP contribution is -2.94. The van der Waals surface area contributed by atoms with E-state index >= 15 is 0 Å². The molecule has 0 bridgehead atoms. The third kappa shape index (κ3) is 6.87. The largest absolute Gasteiger partial charge is 0.394 e. The second-order valence-corrected chi connectivity index (χ2v) is 24.1. The van der Waals surface area contributed by atoms with Crippen LogP contribution >= 0.6 is 0 Å². The summed E-state index contributed by atoms with van der Waals surface area (Å²) in [6.07, 6.45) is -7.21. The van der Waals surface area contributed by atoms with Crippen LogP contribution in [-0.2, 0) is 66.8 Å². The molecule has 23 atom stereocenters. The number of rotatable bonds is 13. The molecule has 22 heteroatoms. The van der Waals surface area contributed by atoms with Crippen LogP contribution in [0.1, 0.15) is 128 Å². The van der Waals surface area contributed by atoms with Gasteiger partial charge in [-0.25, -0.2) is 0 Å². The summed E-state index contributed by atoms with van der Waals surface area (Å²) in [7, 11) is 0. The number of aliphatic hydroxyl groups excluding tert-OH is 4. The fourth-order valence-corrected chi connectivity index (χ4v) is 16.8. The second kappa shape index (κ2) is 18.4. The third-order valence-electron chi connectivity index (χ3n) is 20.7. The number of aliphatic hydroxyl groups is 8. The first kappa shape index (κ1) is 58.0. The van der Waals surface area contributed by atoms with Gasteiger partial charge >= 0.3 is 0 Å². The van der Waals surface area contributed by atoms with Crippen molar-refractivity contribution in [2.24, 2.45) is 52.3 Å². The molecular formula is C53H76O22. The molecule has 8 rings (SSSR count). The van der Waals surface area contributed by atoms with Crippen molar-refractivity contribution < 1.29 is 108 Å². The van der Waals surface area contributed by atoms with Crippen LogP contribution in [0.4, 0.5) is 0 Å². The standard InChI is InChI=1S/C53H76O22/c1-23-14-17-46(70-22-23)24(2)39-36(72-46)19-35-34-13-12-32-18-33(15-16-44(32,10)40(34)41(63)43(65)45(35,39)11)71-52(30(8)61)51(69,29(7)60)50(68,28(6)59)48(26(4)57,38(21-55)74-52)75-53(31(9)62)49(67,27(5)58)47(66,25(3)56)42(64)37(20-54)73-53/h23-24,32-40,42-43,54-55,64-69H,12-22H2,1-11H3/t23-,24+,32+,33+,34+,35+,36+,37-,38-,39+,40-,42+,43-,44+,45+,46-,47+,48-,49-,50+,51-,52-,53+/m1/s1. The van der Waals surface area contributed by atoms with Gasteiger partial charge in [-0.15, -0.1) is 0 Å². The van der Waals surface area contributed by atoms with Gasteiger partial charge in [0.25, 0.3) is 11.6 Å². The molecule has 8 N–H and O–H groups in total. The summed E-state index contributed by atoms with van der Waals surface area (Å²) in [5.41, 5.74) is -22.2. The molecule has 420 valence electrons. The van der Waals surface area contributed by atoms with Gasteiger partial charge in [0.05, 0.1) is 32.0 Å². The smallest absolute Gasteiger partial charge is 0.271 e. The van der Waals surface area contributed by atoms with E-state index in [-0.39, 0.29) is 54.8 Å². The zero-order valence-electron chi connectivity index (χ0n) is 44.6. The van der Waals surface area contributed by atoms with Crippen LogP contribution in [0.2, 0.25) is 0 Å². The molecule has 4 aliphatic heterocycles. The molecule has 22 nitrogen and oxygen atoms in total. The highest BCUT2D eigenvalue weighted by molar-refractivity contribution is 6.10. The van der Waals surface area contributed by atoms with Gasteiger partial charge in [0.2, 0.25) is 16.8 Å². The summed E-state index contributed by atoms with van der Waals surface area (Å²) >= 11 is 0. The van der Waals surface area contributed by atoms with Gasteiger partial charge in [0.15, 0.2) is 63.3 Å². The van der Waals surface area contributed by atoms with Gasteiger partial charge in [-0.2, -0.15) is 0 Å². The van der Waals surface area contributed by atoms with E-state index < -0.39 is 152 Å². The molecule has 8 fully saturated rings. The van der Waals surface area contributed by atoms with Crippen molar-refractivity contribution >= 4 is 46.3 Å². The Morgan fingerprint density at radius 1 is 0.667 bits per heavy atom. The summed E-state index contributed by atoms with van der Waals surface area (Å²) in [5.74, 6) is -21.8. The van der Waals surface area contributed by atoms with Crippen LogP contribution < -0.4 is 0 Å². The molecule has 8 aliphatic rings. The van der Waals surface area contributed by atoms with Crippen molar-refractivity contribution in [2.45, 2.75) is 210 Å². The highest BCUT2D eigenvalue weighted by Crippen LogP contribution is 2.71. The van der Waals surface area contributed by atoms with E-state index in [9.17, 15) is 79.2 Å². The molecule has 75 heavy (non-hydrogen) atoms. The lowest BCUT2D eigenvalue weighted by atomic mass is 9.43. The molecule has 0 aromatic carbocycles. The fraction of sp³-hybridized carbons (Fsp3) is 0.849. The fourth-order valence-electron chi connectivity index (χ4n) is 16.8. The number of carbonyl (C=O) groups excluding carboxylic acids is 8. The predicted octanol–water partition coefficient (Wildman–Crippen LogP) is -0.694. The minimum atomic E-state index is -4.32. The summed E-state index contributed by atoms with van der Waals surface area (Å²) < 4.78 is 37.6. The van der Waals surface area contributed by atoms with Crippen molar-refractivity contribution in [3.63, 3.8) is 0 Å².